The van der Waals surface area contributed by atoms with Gasteiger partial charge in [-0.05, 0) is 91.4 Å². The Morgan fingerprint density at radius 3 is 1.11 bits per heavy atom. The van der Waals surface area contributed by atoms with E-state index in [0.29, 0.717) is 23.1 Å². The second-order valence-corrected chi connectivity index (χ2v) is 15.6. The Morgan fingerprint density at radius 2 is 0.889 bits per heavy atom. The number of rotatable bonds is 16. The summed E-state index contributed by atoms with van der Waals surface area (Å²) in [5.74, 6) is 0. The third kappa shape index (κ3) is 12.3. The zero-order valence-corrected chi connectivity index (χ0v) is 28.7. The monoisotopic (exact) mass is 688 g/mol. The summed E-state index contributed by atoms with van der Waals surface area (Å²) in [6.45, 7) is 13.1. The second kappa shape index (κ2) is 16.9. The summed E-state index contributed by atoms with van der Waals surface area (Å²) < 4.78 is 51.8. The molecule has 248 valence electrons. The quantitative estimate of drug-likeness (QED) is 0.0559. The number of hydrogen-bond donors (Lipinski definition) is 2. The van der Waals surface area contributed by atoms with E-state index < -0.39 is 49.5 Å². The molecule has 0 spiro atoms. The molecule has 0 bridgehead atoms. The third-order valence-electron chi connectivity index (χ3n) is 4.77. The predicted molar refractivity (Wildman–Crippen MR) is 176 cm³/mol. The standard InChI is InChI=1S/C26H38N6O10P2S/c1-17(2)39-43(37,40-18(3)4)25(29-27-21-9-13-23(14-10-21)31(33)34)45-26(44(38,41-19(5)6)42-20(7)8)30-28-22-11-15-24(16-12-22)32(35)36/h9-20,27-28H,1-8H3/b29-25+,30-26+. The molecule has 2 N–H and O–H groups in total. The highest BCUT2D eigenvalue weighted by Crippen LogP contribution is 2.61. The molecule has 2 rings (SSSR count). The molecule has 0 heterocycles. The number of nitro groups is 2. The molecule has 0 aliphatic rings. The first kappa shape index (κ1) is 38.0. The second-order valence-electron chi connectivity index (χ2n) is 10.3. The van der Waals surface area contributed by atoms with Crippen LogP contribution < -0.4 is 10.9 Å². The number of nitro benzene ring substituents is 2. The molecule has 0 saturated heterocycles. The summed E-state index contributed by atoms with van der Waals surface area (Å²) in [5.41, 5.74) is 5.67. The van der Waals surface area contributed by atoms with Gasteiger partial charge in [-0.15, -0.1) is 0 Å². The van der Waals surface area contributed by atoms with Gasteiger partial charge in [0, 0.05) is 24.3 Å². The van der Waals surface area contributed by atoms with Crippen LogP contribution in [-0.2, 0) is 27.2 Å². The van der Waals surface area contributed by atoms with Gasteiger partial charge >= 0.3 is 15.2 Å². The van der Waals surface area contributed by atoms with Gasteiger partial charge in [-0.1, -0.05) is 0 Å². The molecular weight excluding hydrogens is 650 g/mol. The van der Waals surface area contributed by atoms with Crippen LogP contribution in [0.5, 0.6) is 0 Å². The highest BCUT2D eigenvalue weighted by molar-refractivity contribution is 8.41. The van der Waals surface area contributed by atoms with Crippen LogP contribution in [-0.4, -0.2) is 43.8 Å². The summed E-state index contributed by atoms with van der Waals surface area (Å²) in [6.07, 6.45) is -2.43. The van der Waals surface area contributed by atoms with Gasteiger partial charge in [0.05, 0.1) is 45.6 Å². The Bertz CT molecular complexity index is 1330. The van der Waals surface area contributed by atoms with Gasteiger partial charge in [-0.3, -0.25) is 40.2 Å². The maximum atomic E-state index is 14.3. The Hall–Kier alpha value is -3.17. The Balaban J connectivity index is 2.73. The zero-order valence-electron chi connectivity index (χ0n) is 26.1. The van der Waals surface area contributed by atoms with E-state index in [1.807, 2.05) is 0 Å². The number of non-ortho nitro benzene ring substituents is 2. The molecule has 0 aliphatic carbocycles. The van der Waals surface area contributed by atoms with Crippen molar-refractivity contribution in [1.29, 1.82) is 0 Å². The molecule has 0 unspecified atom stereocenters. The number of hydrazone groups is 2. The van der Waals surface area contributed by atoms with Crippen LogP contribution in [0.1, 0.15) is 55.4 Å². The molecule has 16 nitrogen and oxygen atoms in total. The molecule has 0 radical (unpaired) electrons. The fourth-order valence-corrected chi connectivity index (χ4v) is 8.76. The normalized spacial score (nSPS) is 13.2. The SMILES string of the molecule is CC(C)OP(=O)(OC(C)C)/C(=N\Nc1ccc([N+](=O)[O-])cc1)S/C(=N/Nc1ccc([N+](=O)[O-])cc1)P(=O)(OC(C)C)OC(C)C. The first-order valence-electron chi connectivity index (χ1n) is 13.7. The number of benzene rings is 2. The molecule has 19 heteroatoms. The van der Waals surface area contributed by atoms with Gasteiger partial charge in [-0.2, -0.15) is 10.2 Å². The van der Waals surface area contributed by atoms with Crippen molar-refractivity contribution < 1.29 is 37.1 Å². The van der Waals surface area contributed by atoms with Gasteiger partial charge in [0.1, 0.15) is 0 Å². The number of thioether (sulfide) groups is 1. The largest absolute Gasteiger partial charge is 0.388 e. The van der Waals surface area contributed by atoms with Gasteiger partial charge in [0.2, 0.25) is 9.57 Å². The zero-order chi connectivity index (χ0) is 33.9. The molecule has 0 aromatic heterocycles. The number of nitrogens with one attached hydrogen (secondary N) is 2. The van der Waals surface area contributed by atoms with E-state index in [2.05, 4.69) is 21.1 Å². The molecule has 45 heavy (non-hydrogen) atoms. The van der Waals surface area contributed by atoms with Crippen molar-refractivity contribution in [3.05, 3.63) is 68.8 Å². The summed E-state index contributed by atoms with van der Waals surface area (Å²) in [5, 5.41) is 30.7. The molecule has 2 aromatic rings. The van der Waals surface area contributed by atoms with E-state index in [9.17, 15) is 29.4 Å². The van der Waals surface area contributed by atoms with Crippen LogP contribution in [0.3, 0.4) is 0 Å². The van der Waals surface area contributed by atoms with E-state index in [0.717, 1.165) is 0 Å². The molecule has 2 aromatic carbocycles. The smallest absolute Gasteiger partial charge is 0.301 e. The predicted octanol–water partition coefficient (Wildman–Crippen LogP) is 8.39. The average molecular weight is 689 g/mol. The van der Waals surface area contributed by atoms with Crippen LogP contribution in [0.25, 0.3) is 0 Å². The Kier molecular flexibility index (Phi) is 14.3. The molecule has 0 fully saturated rings. The van der Waals surface area contributed by atoms with Crippen molar-refractivity contribution in [2.45, 2.75) is 79.8 Å². The van der Waals surface area contributed by atoms with E-state index >= 15 is 0 Å². The number of nitrogens with zero attached hydrogens (tertiary/aromatic N) is 4. The van der Waals surface area contributed by atoms with Crippen molar-refractivity contribution in [2.75, 3.05) is 10.9 Å². The van der Waals surface area contributed by atoms with E-state index in [1.54, 1.807) is 55.4 Å². The van der Waals surface area contributed by atoms with Gasteiger partial charge < -0.3 is 18.1 Å². The minimum atomic E-state index is -4.28. The summed E-state index contributed by atoms with van der Waals surface area (Å²) in [6, 6.07) is 10.6. The third-order valence-corrected chi connectivity index (χ3v) is 11.1. The Labute approximate surface area is 265 Å². The molecule has 0 atom stereocenters. The van der Waals surface area contributed by atoms with E-state index in [4.69, 9.17) is 18.1 Å². The number of hydrogen-bond acceptors (Lipinski definition) is 15. The molecular formula is C26H38N6O10P2S. The lowest BCUT2D eigenvalue weighted by Crippen LogP contribution is -2.18. The molecule has 0 amide bonds. The highest BCUT2D eigenvalue weighted by Gasteiger charge is 2.43. The average Bonchev–Trinajstić information content (AvgIpc) is 2.91. The maximum Gasteiger partial charge on any atom is 0.388 e. The lowest BCUT2D eigenvalue weighted by molar-refractivity contribution is -0.385. The minimum absolute atomic E-state index is 0.152. The van der Waals surface area contributed by atoms with Gasteiger partial charge in [0.25, 0.3) is 11.4 Å². The van der Waals surface area contributed by atoms with Gasteiger partial charge in [-0.25, -0.2) is 0 Å². The lowest BCUT2D eigenvalue weighted by atomic mass is 10.3. The number of anilines is 2. The van der Waals surface area contributed by atoms with E-state index in [-0.39, 0.29) is 20.9 Å². The van der Waals surface area contributed by atoms with Crippen molar-refractivity contribution in [1.82, 2.24) is 0 Å². The summed E-state index contributed by atoms with van der Waals surface area (Å²) in [4.78, 5) is 20.4. The van der Waals surface area contributed by atoms with Crippen molar-refractivity contribution in [2.24, 2.45) is 10.2 Å². The molecule has 0 aliphatic heterocycles. The van der Waals surface area contributed by atoms with Crippen LogP contribution in [0.15, 0.2) is 58.7 Å². The Morgan fingerprint density at radius 1 is 0.622 bits per heavy atom. The van der Waals surface area contributed by atoms with E-state index in [1.165, 1.54) is 48.5 Å². The molecule has 0 saturated carbocycles. The van der Waals surface area contributed by atoms with Crippen LogP contribution in [0, 0.1) is 20.2 Å². The highest BCUT2D eigenvalue weighted by atomic mass is 32.2. The van der Waals surface area contributed by atoms with Crippen LogP contribution in [0.2, 0.25) is 0 Å². The summed E-state index contributed by atoms with van der Waals surface area (Å²) >= 11 is 0.559. The van der Waals surface area contributed by atoms with Crippen LogP contribution >= 0.6 is 27.0 Å². The lowest BCUT2D eigenvalue weighted by Gasteiger charge is -2.26. The topological polar surface area (TPSA) is 206 Å². The fourth-order valence-electron chi connectivity index (χ4n) is 3.24. The summed E-state index contributed by atoms with van der Waals surface area (Å²) in [7, 11) is -8.57. The van der Waals surface area contributed by atoms with Crippen LogP contribution in [0.4, 0.5) is 22.7 Å². The van der Waals surface area contributed by atoms with Gasteiger partial charge in [0.15, 0.2) is 0 Å². The van der Waals surface area contributed by atoms with Crippen molar-refractivity contribution in [3.63, 3.8) is 0 Å². The fraction of sp³-hybridized carbons (Fsp3) is 0.462. The first-order chi connectivity index (χ1) is 20.9. The van der Waals surface area contributed by atoms with Crippen molar-refractivity contribution in [3.8, 4) is 0 Å². The maximum absolute atomic E-state index is 14.3. The minimum Gasteiger partial charge on any atom is -0.301 e. The van der Waals surface area contributed by atoms with Crippen molar-refractivity contribution >= 4 is 59.3 Å². The first-order valence-corrected chi connectivity index (χ1v) is 17.6.